The Balaban J connectivity index is 1.74. The van der Waals surface area contributed by atoms with Gasteiger partial charge in [0, 0.05) is 56.6 Å². The van der Waals surface area contributed by atoms with Gasteiger partial charge in [0.05, 0.1) is 6.10 Å². The molecule has 0 saturated carbocycles. The Morgan fingerprint density at radius 1 is 1.19 bits per heavy atom. The summed E-state index contributed by atoms with van der Waals surface area (Å²) in [6.45, 7) is 8.74. The standard InChI is InChI=1S/C16H26ClN3O/c1-2-21-16(13-18)7-8-19-9-11-20(12-10-19)15-5-3-14(17)4-6-15/h3-6,16H,2,7-13,18H2,1H3. The summed E-state index contributed by atoms with van der Waals surface area (Å²) in [5.74, 6) is 0. The average molecular weight is 312 g/mol. The minimum Gasteiger partial charge on any atom is -0.377 e. The molecule has 1 aromatic carbocycles. The first-order chi connectivity index (χ1) is 10.2. The summed E-state index contributed by atoms with van der Waals surface area (Å²) in [6, 6.07) is 8.10. The van der Waals surface area contributed by atoms with Crippen molar-refractivity contribution < 1.29 is 4.74 Å². The molecular weight excluding hydrogens is 286 g/mol. The molecule has 2 rings (SSSR count). The maximum atomic E-state index is 5.94. The molecule has 21 heavy (non-hydrogen) atoms. The number of hydrogen-bond donors (Lipinski definition) is 1. The Kier molecular flexibility index (Phi) is 6.77. The minimum atomic E-state index is 0.198. The van der Waals surface area contributed by atoms with Crippen LogP contribution in [0, 0.1) is 0 Å². The van der Waals surface area contributed by atoms with Gasteiger partial charge < -0.3 is 15.4 Å². The quantitative estimate of drug-likeness (QED) is 0.838. The van der Waals surface area contributed by atoms with Crippen LogP contribution in [0.1, 0.15) is 13.3 Å². The van der Waals surface area contributed by atoms with Crippen LogP contribution in [0.5, 0.6) is 0 Å². The van der Waals surface area contributed by atoms with Gasteiger partial charge in [-0.3, -0.25) is 4.90 Å². The van der Waals surface area contributed by atoms with E-state index in [0.717, 1.165) is 50.8 Å². The van der Waals surface area contributed by atoms with E-state index in [1.807, 2.05) is 19.1 Å². The highest BCUT2D eigenvalue weighted by Crippen LogP contribution is 2.19. The zero-order valence-electron chi connectivity index (χ0n) is 12.8. The number of benzene rings is 1. The first kappa shape index (κ1) is 16.6. The van der Waals surface area contributed by atoms with Gasteiger partial charge in [0.25, 0.3) is 0 Å². The van der Waals surface area contributed by atoms with E-state index in [9.17, 15) is 0 Å². The highest BCUT2D eigenvalue weighted by atomic mass is 35.5. The van der Waals surface area contributed by atoms with Gasteiger partial charge >= 0.3 is 0 Å². The molecule has 0 aromatic heterocycles. The van der Waals surface area contributed by atoms with Gasteiger partial charge in [-0.15, -0.1) is 0 Å². The van der Waals surface area contributed by atoms with E-state index in [0.29, 0.717) is 6.54 Å². The number of halogens is 1. The van der Waals surface area contributed by atoms with Gasteiger partial charge in [0.2, 0.25) is 0 Å². The van der Waals surface area contributed by atoms with Gasteiger partial charge in [-0.05, 0) is 37.6 Å². The third-order valence-electron chi connectivity index (χ3n) is 4.00. The lowest BCUT2D eigenvalue weighted by molar-refractivity contribution is 0.0538. The van der Waals surface area contributed by atoms with Crippen LogP contribution in [-0.2, 0) is 4.74 Å². The lowest BCUT2D eigenvalue weighted by atomic mass is 10.2. The number of hydrogen-bond acceptors (Lipinski definition) is 4. The van der Waals surface area contributed by atoms with Crippen molar-refractivity contribution in [3.63, 3.8) is 0 Å². The Morgan fingerprint density at radius 3 is 2.43 bits per heavy atom. The largest absolute Gasteiger partial charge is 0.377 e. The molecule has 5 heteroatoms. The number of piperazine rings is 1. The fourth-order valence-corrected chi connectivity index (χ4v) is 2.84. The number of nitrogens with zero attached hydrogens (tertiary/aromatic N) is 2. The second-order valence-electron chi connectivity index (χ2n) is 5.41. The Morgan fingerprint density at radius 2 is 1.86 bits per heavy atom. The van der Waals surface area contributed by atoms with Crippen LogP contribution >= 0.6 is 11.6 Å². The minimum absolute atomic E-state index is 0.198. The van der Waals surface area contributed by atoms with E-state index in [4.69, 9.17) is 22.1 Å². The smallest absolute Gasteiger partial charge is 0.0709 e. The molecule has 1 fully saturated rings. The molecular formula is C16H26ClN3O. The molecule has 0 spiro atoms. The van der Waals surface area contributed by atoms with Crippen molar-refractivity contribution in [3.8, 4) is 0 Å². The SMILES string of the molecule is CCOC(CN)CCN1CCN(c2ccc(Cl)cc2)CC1. The molecule has 4 nitrogen and oxygen atoms in total. The molecule has 1 unspecified atom stereocenters. The van der Waals surface area contributed by atoms with E-state index in [-0.39, 0.29) is 6.10 Å². The lowest BCUT2D eigenvalue weighted by Crippen LogP contribution is -2.47. The van der Waals surface area contributed by atoms with E-state index < -0.39 is 0 Å². The van der Waals surface area contributed by atoms with Crippen molar-refractivity contribution in [1.82, 2.24) is 4.90 Å². The zero-order valence-corrected chi connectivity index (χ0v) is 13.6. The molecule has 118 valence electrons. The van der Waals surface area contributed by atoms with Crippen LogP contribution in [0.4, 0.5) is 5.69 Å². The van der Waals surface area contributed by atoms with Crippen LogP contribution in [0.25, 0.3) is 0 Å². The van der Waals surface area contributed by atoms with Crippen LogP contribution in [0.3, 0.4) is 0 Å². The van der Waals surface area contributed by atoms with Crippen LogP contribution in [-0.4, -0.2) is 56.9 Å². The van der Waals surface area contributed by atoms with Crippen molar-refractivity contribution in [2.75, 3.05) is 50.8 Å². The van der Waals surface area contributed by atoms with Crippen molar-refractivity contribution >= 4 is 17.3 Å². The van der Waals surface area contributed by atoms with Gasteiger partial charge in [-0.2, -0.15) is 0 Å². The fourth-order valence-electron chi connectivity index (χ4n) is 2.71. The molecule has 1 aliphatic heterocycles. The summed E-state index contributed by atoms with van der Waals surface area (Å²) in [5.41, 5.74) is 6.98. The molecule has 0 radical (unpaired) electrons. The number of ether oxygens (including phenoxy) is 1. The predicted octanol–water partition coefficient (Wildman–Crippen LogP) is 2.22. The first-order valence-electron chi connectivity index (χ1n) is 7.77. The molecule has 2 N–H and O–H groups in total. The molecule has 1 aromatic rings. The maximum Gasteiger partial charge on any atom is 0.0709 e. The molecule has 1 aliphatic rings. The van der Waals surface area contributed by atoms with Crippen molar-refractivity contribution in [2.45, 2.75) is 19.4 Å². The zero-order chi connectivity index (χ0) is 15.1. The first-order valence-corrected chi connectivity index (χ1v) is 8.15. The fraction of sp³-hybridized carbons (Fsp3) is 0.625. The Labute approximate surface area is 132 Å². The second-order valence-corrected chi connectivity index (χ2v) is 5.84. The summed E-state index contributed by atoms with van der Waals surface area (Å²) >= 11 is 5.94. The third-order valence-corrected chi connectivity index (χ3v) is 4.25. The van der Waals surface area contributed by atoms with Crippen LogP contribution < -0.4 is 10.6 Å². The number of anilines is 1. The van der Waals surface area contributed by atoms with E-state index in [1.165, 1.54) is 5.69 Å². The number of nitrogens with two attached hydrogens (primary N) is 1. The third kappa shape index (κ3) is 5.15. The highest BCUT2D eigenvalue weighted by molar-refractivity contribution is 6.30. The Bertz CT molecular complexity index is 404. The molecule has 0 bridgehead atoms. The van der Waals surface area contributed by atoms with E-state index >= 15 is 0 Å². The average Bonchev–Trinajstić information content (AvgIpc) is 2.53. The molecule has 1 heterocycles. The maximum absolute atomic E-state index is 5.94. The summed E-state index contributed by atoms with van der Waals surface area (Å²) in [5, 5.41) is 0.793. The van der Waals surface area contributed by atoms with E-state index in [1.54, 1.807) is 0 Å². The topological polar surface area (TPSA) is 41.7 Å². The summed E-state index contributed by atoms with van der Waals surface area (Å²) < 4.78 is 5.61. The Hall–Kier alpha value is -0.810. The molecule has 0 amide bonds. The predicted molar refractivity (Wildman–Crippen MR) is 89.2 cm³/mol. The van der Waals surface area contributed by atoms with Gasteiger partial charge in [-0.1, -0.05) is 11.6 Å². The molecule has 0 aliphatic carbocycles. The molecule has 1 saturated heterocycles. The number of rotatable bonds is 7. The summed E-state index contributed by atoms with van der Waals surface area (Å²) in [6.07, 6.45) is 1.22. The normalized spacial score (nSPS) is 18.0. The van der Waals surface area contributed by atoms with Gasteiger partial charge in [-0.25, -0.2) is 0 Å². The van der Waals surface area contributed by atoms with Crippen molar-refractivity contribution in [2.24, 2.45) is 5.73 Å². The second kappa shape index (κ2) is 8.59. The summed E-state index contributed by atoms with van der Waals surface area (Å²) in [4.78, 5) is 4.91. The van der Waals surface area contributed by atoms with Crippen molar-refractivity contribution in [3.05, 3.63) is 29.3 Å². The lowest BCUT2D eigenvalue weighted by Gasteiger charge is -2.36. The van der Waals surface area contributed by atoms with Crippen LogP contribution in [0.2, 0.25) is 5.02 Å². The molecule has 1 atom stereocenters. The monoisotopic (exact) mass is 311 g/mol. The van der Waals surface area contributed by atoms with Gasteiger partial charge in [0.1, 0.15) is 0 Å². The highest BCUT2D eigenvalue weighted by Gasteiger charge is 2.18. The van der Waals surface area contributed by atoms with E-state index in [2.05, 4.69) is 21.9 Å². The van der Waals surface area contributed by atoms with Crippen LogP contribution in [0.15, 0.2) is 24.3 Å². The van der Waals surface area contributed by atoms with Gasteiger partial charge in [0.15, 0.2) is 0 Å². The summed E-state index contributed by atoms with van der Waals surface area (Å²) in [7, 11) is 0. The van der Waals surface area contributed by atoms with Crippen molar-refractivity contribution in [1.29, 1.82) is 0 Å².